The molecule has 1 aliphatic rings. The van der Waals surface area contributed by atoms with Crippen molar-refractivity contribution in [2.45, 2.75) is 74.3 Å². The predicted molar refractivity (Wildman–Crippen MR) is 164 cm³/mol. The number of fused-ring (bicyclic) bond motifs is 6. The van der Waals surface area contributed by atoms with E-state index in [1.807, 2.05) is 53.1 Å². The van der Waals surface area contributed by atoms with Crippen LogP contribution in [0.25, 0.3) is 22.0 Å². The summed E-state index contributed by atoms with van der Waals surface area (Å²) >= 11 is 0. The molecule has 0 fully saturated rings. The summed E-state index contributed by atoms with van der Waals surface area (Å²) in [6.07, 6.45) is 3.81. The molecule has 0 amide bonds. The van der Waals surface area contributed by atoms with E-state index in [0.717, 1.165) is 27.9 Å². The lowest BCUT2D eigenvalue weighted by molar-refractivity contribution is 0.305. The summed E-state index contributed by atoms with van der Waals surface area (Å²) in [7, 11) is 0. The van der Waals surface area contributed by atoms with Gasteiger partial charge in [-0.25, -0.2) is 0 Å². The highest BCUT2D eigenvalue weighted by Gasteiger charge is 2.32. The molecule has 198 valence electrons. The molecular formula is C35H42N2O. The van der Waals surface area contributed by atoms with Crippen molar-refractivity contribution in [3.63, 3.8) is 0 Å². The van der Waals surface area contributed by atoms with E-state index in [1.165, 1.54) is 33.4 Å². The van der Waals surface area contributed by atoms with Crippen molar-refractivity contribution < 1.29 is 4.74 Å². The molecule has 3 nitrogen and oxygen atoms in total. The zero-order valence-corrected chi connectivity index (χ0v) is 24.5. The molecule has 1 aromatic heterocycles. The minimum Gasteiger partial charge on any atom is -0.489 e. The fraction of sp³-hybridized carbons (Fsp3) is 0.314. The lowest BCUT2D eigenvalue weighted by Crippen LogP contribution is -2.26. The third kappa shape index (κ3) is 5.57. The van der Waals surface area contributed by atoms with Gasteiger partial charge in [-0.1, -0.05) is 64.1 Å². The van der Waals surface area contributed by atoms with Crippen LogP contribution in [-0.2, 0) is 12.0 Å². The maximum Gasteiger partial charge on any atom is 0.120 e. The normalized spacial score (nSPS) is 16.3. The maximum atomic E-state index is 6.30. The highest BCUT2D eigenvalue weighted by Crippen LogP contribution is 2.42. The van der Waals surface area contributed by atoms with Crippen LogP contribution in [-0.4, -0.2) is 11.2 Å². The number of rotatable bonds is 2. The van der Waals surface area contributed by atoms with Crippen LogP contribution in [0.3, 0.4) is 0 Å². The zero-order valence-electron chi connectivity index (χ0n) is 24.5. The standard InChI is InChI=1S/C31H30N2O.2C2H6/c1-6-32-18-21(3)31(5)25-11-10-20(2)24(15-25)19-34-27-9-7-8-23(16-27)28-14-22(4)33-30-13-12-26(31)17-29(28)30;2*1-2/h6-18H,19H2,1-5H3;2*1-2H3/b21-18+,32-6?;;. The molecule has 1 atom stereocenters. The van der Waals surface area contributed by atoms with E-state index in [9.17, 15) is 0 Å². The maximum absolute atomic E-state index is 6.30. The first-order valence-corrected chi connectivity index (χ1v) is 13.8. The van der Waals surface area contributed by atoms with Crippen LogP contribution in [0.4, 0.5) is 0 Å². The molecule has 0 radical (unpaired) electrons. The van der Waals surface area contributed by atoms with Gasteiger partial charge in [0.25, 0.3) is 0 Å². The van der Waals surface area contributed by atoms with E-state index in [-0.39, 0.29) is 5.41 Å². The van der Waals surface area contributed by atoms with Gasteiger partial charge in [-0.05, 0) is 104 Å². The Morgan fingerprint density at radius 3 is 2.37 bits per heavy atom. The van der Waals surface area contributed by atoms with Gasteiger partial charge in [-0.3, -0.25) is 9.98 Å². The number of aryl methyl sites for hydroxylation is 2. The average molecular weight is 507 g/mol. The summed E-state index contributed by atoms with van der Waals surface area (Å²) in [5.41, 5.74) is 9.99. The number of pyridine rings is 1. The molecule has 3 aromatic carbocycles. The van der Waals surface area contributed by atoms with Crippen LogP contribution in [0.2, 0.25) is 0 Å². The third-order valence-electron chi connectivity index (χ3n) is 7.19. The van der Waals surface area contributed by atoms with Crippen molar-refractivity contribution in [3.8, 4) is 16.9 Å². The van der Waals surface area contributed by atoms with Crippen LogP contribution in [0, 0.1) is 13.8 Å². The van der Waals surface area contributed by atoms with Gasteiger partial charge in [-0.15, -0.1) is 0 Å². The van der Waals surface area contributed by atoms with Gasteiger partial charge >= 0.3 is 0 Å². The molecule has 0 saturated heterocycles. The number of nitrogens with zero attached hydrogens (tertiary/aromatic N) is 2. The van der Waals surface area contributed by atoms with Gasteiger partial charge in [0.05, 0.1) is 5.52 Å². The Labute approximate surface area is 229 Å². The molecule has 3 heteroatoms. The molecule has 1 unspecified atom stereocenters. The van der Waals surface area contributed by atoms with E-state index in [0.29, 0.717) is 6.61 Å². The zero-order chi connectivity index (χ0) is 27.9. The van der Waals surface area contributed by atoms with Crippen LogP contribution in [0.5, 0.6) is 5.75 Å². The van der Waals surface area contributed by atoms with E-state index in [2.05, 4.69) is 93.4 Å². The second kappa shape index (κ2) is 12.7. The second-order valence-corrected chi connectivity index (χ2v) is 9.35. The number of aliphatic imine (C=N–C) groups is 1. The van der Waals surface area contributed by atoms with Crippen molar-refractivity contribution in [1.82, 2.24) is 4.98 Å². The molecule has 0 aliphatic carbocycles. The van der Waals surface area contributed by atoms with E-state index in [1.54, 1.807) is 0 Å². The number of aromatic nitrogens is 1. The fourth-order valence-corrected chi connectivity index (χ4v) is 4.90. The minimum absolute atomic E-state index is 0.363. The van der Waals surface area contributed by atoms with Crippen molar-refractivity contribution in [2.24, 2.45) is 4.99 Å². The number of hydrogen-bond donors (Lipinski definition) is 0. The SMILES string of the molecule is CC.CC.CC=N/C=C(\C)C1(C)c2ccc(C)c(c2)COc2cccc(c2)-c2cc(C)nc3ccc1cc23. The largest absolute Gasteiger partial charge is 0.489 e. The summed E-state index contributed by atoms with van der Waals surface area (Å²) in [4.78, 5) is 9.32. The Morgan fingerprint density at radius 1 is 0.921 bits per heavy atom. The first kappa shape index (κ1) is 28.8. The molecule has 2 heterocycles. The first-order valence-electron chi connectivity index (χ1n) is 13.8. The molecular weight excluding hydrogens is 464 g/mol. The minimum atomic E-state index is -0.363. The van der Waals surface area contributed by atoms with E-state index < -0.39 is 0 Å². The van der Waals surface area contributed by atoms with Gasteiger partial charge < -0.3 is 4.74 Å². The highest BCUT2D eigenvalue weighted by molar-refractivity contribution is 5.95. The predicted octanol–water partition coefficient (Wildman–Crippen LogP) is 9.76. The molecule has 1 aliphatic heterocycles. The first-order chi connectivity index (χ1) is 18.4. The lowest BCUT2D eigenvalue weighted by atomic mass is 9.70. The molecule has 0 saturated carbocycles. The van der Waals surface area contributed by atoms with Gasteiger partial charge in [0, 0.05) is 28.9 Å². The van der Waals surface area contributed by atoms with Crippen LogP contribution in [0.15, 0.2) is 83.5 Å². The Bertz CT molecular complexity index is 1460. The van der Waals surface area contributed by atoms with Gasteiger partial charge in [-0.2, -0.15) is 0 Å². The van der Waals surface area contributed by atoms with Crippen molar-refractivity contribution >= 4 is 17.1 Å². The topological polar surface area (TPSA) is 34.5 Å². The lowest BCUT2D eigenvalue weighted by Gasteiger charge is -2.33. The smallest absolute Gasteiger partial charge is 0.120 e. The number of ether oxygens (including phenoxy) is 1. The second-order valence-electron chi connectivity index (χ2n) is 9.35. The van der Waals surface area contributed by atoms with Crippen LogP contribution < -0.4 is 4.74 Å². The Balaban J connectivity index is 0.000000956. The summed E-state index contributed by atoms with van der Waals surface area (Å²) < 4.78 is 6.30. The molecule has 0 spiro atoms. The van der Waals surface area contributed by atoms with Crippen molar-refractivity contribution in [2.75, 3.05) is 0 Å². The Kier molecular flexibility index (Phi) is 9.63. The van der Waals surface area contributed by atoms with Crippen LogP contribution in [0.1, 0.15) is 76.4 Å². The molecule has 6 bridgehead atoms. The summed E-state index contributed by atoms with van der Waals surface area (Å²) in [5, 5.41) is 1.14. The summed E-state index contributed by atoms with van der Waals surface area (Å²) in [5.74, 6) is 0.872. The molecule has 38 heavy (non-hydrogen) atoms. The molecule has 0 N–H and O–H groups in total. The number of allylic oxidation sites excluding steroid dienone is 1. The molecule has 5 rings (SSSR count). The quantitative estimate of drug-likeness (QED) is 0.254. The summed E-state index contributed by atoms with van der Waals surface area (Å²) in [6, 6.07) is 24.0. The van der Waals surface area contributed by atoms with E-state index >= 15 is 0 Å². The van der Waals surface area contributed by atoms with Gasteiger partial charge in [0.1, 0.15) is 12.4 Å². The number of hydrogen-bond acceptors (Lipinski definition) is 3. The van der Waals surface area contributed by atoms with Gasteiger partial charge in [0.2, 0.25) is 0 Å². The van der Waals surface area contributed by atoms with Gasteiger partial charge in [0.15, 0.2) is 0 Å². The summed E-state index contributed by atoms with van der Waals surface area (Å²) in [6.45, 7) is 19.1. The average Bonchev–Trinajstić information content (AvgIpc) is 2.96. The van der Waals surface area contributed by atoms with Crippen molar-refractivity contribution in [3.05, 3.63) is 106 Å². The highest BCUT2D eigenvalue weighted by atomic mass is 16.5. The van der Waals surface area contributed by atoms with Crippen LogP contribution >= 0.6 is 0 Å². The number of benzene rings is 3. The Morgan fingerprint density at radius 2 is 1.63 bits per heavy atom. The van der Waals surface area contributed by atoms with Crippen molar-refractivity contribution in [1.29, 1.82) is 0 Å². The van der Waals surface area contributed by atoms with E-state index in [4.69, 9.17) is 9.72 Å². The Hall–Kier alpha value is -3.72. The monoisotopic (exact) mass is 506 g/mol. The third-order valence-corrected chi connectivity index (χ3v) is 7.19. The fourth-order valence-electron chi connectivity index (χ4n) is 4.90. The molecule has 4 aromatic rings.